The van der Waals surface area contributed by atoms with Crippen LogP contribution < -0.4 is 5.73 Å². The van der Waals surface area contributed by atoms with Gasteiger partial charge in [0.2, 0.25) is 0 Å². The molecule has 5 nitrogen and oxygen atoms in total. The van der Waals surface area contributed by atoms with Gasteiger partial charge in [-0.1, -0.05) is 13.3 Å². The van der Waals surface area contributed by atoms with Crippen molar-refractivity contribution < 1.29 is 13.0 Å². The number of nitrogens with zero attached hydrogens (tertiary/aromatic N) is 3. The molecule has 1 aromatic carbocycles. The van der Waals surface area contributed by atoms with Crippen molar-refractivity contribution in [2.45, 2.75) is 57.4 Å². The molecule has 2 aromatic heterocycles. The Balaban J connectivity index is 1.71. The van der Waals surface area contributed by atoms with E-state index in [1.54, 1.807) is 6.20 Å². The maximum atomic E-state index is 13.8. The molecule has 0 spiro atoms. The Hall–Kier alpha value is -2.35. The van der Waals surface area contributed by atoms with Gasteiger partial charge in [-0.05, 0) is 43.9 Å². The molecule has 0 bridgehead atoms. The van der Waals surface area contributed by atoms with Gasteiger partial charge in [0.25, 0.3) is 0 Å². The molecule has 0 saturated carbocycles. The van der Waals surface area contributed by atoms with E-state index >= 15 is 0 Å². The van der Waals surface area contributed by atoms with E-state index in [1.165, 1.54) is 6.07 Å². The first kappa shape index (κ1) is 21.4. The highest BCUT2D eigenvalue weighted by atomic mass is 32.2. The van der Waals surface area contributed by atoms with Gasteiger partial charge in [0.1, 0.15) is 23.0 Å². The fourth-order valence-corrected chi connectivity index (χ4v) is 4.59. The van der Waals surface area contributed by atoms with Gasteiger partial charge in [-0.25, -0.2) is 18.7 Å². The monoisotopic (exact) mass is 420 g/mol. The van der Waals surface area contributed by atoms with E-state index in [9.17, 15) is 13.0 Å². The van der Waals surface area contributed by atoms with E-state index in [0.29, 0.717) is 24.5 Å². The maximum Gasteiger partial charge on any atom is 0.151 e. The van der Waals surface area contributed by atoms with Crippen LogP contribution in [0.5, 0.6) is 0 Å². The van der Waals surface area contributed by atoms with Crippen molar-refractivity contribution in [2.24, 2.45) is 0 Å². The number of aryl methyl sites for hydroxylation is 3. The molecule has 3 rings (SSSR count). The number of rotatable bonds is 9. The molecule has 1 atom stereocenters. The molecule has 0 saturated heterocycles. The summed E-state index contributed by atoms with van der Waals surface area (Å²) in [7, 11) is -1.49. The second-order valence-electron chi connectivity index (χ2n) is 7.14. The highest BCUT2D eigenvalue weighted by molar-refractivity contribution is 7.85. The Kier molecular flexibility index (Phi) is 6.95. The molecule has 0 amide bonds. The minimum atomic E-state index is -1.49. The van der Waals surface area contributed by atoms with Crippen molar-refractivity contribution in [3.05, 3.63) is 47.4 Å². The molecule has 2 heterocycles. The number of pyridine rings is 1. The normalized spacial score (nSPS) is 12.6. The number of aromatic nitrogens is 3. The molecule has 8 heteroatoms. The number of nitrogens with two attached hydrogens (primary N) is 1. The summed E-state index contributed by atoms with van der Waals surface area (Å²) in [6, 6.07) is 3.16. The van der Waals surface area contributed by atoms with Crippen LogP contribution in [0.25, 0.3) is 11.0 Å². The summed E-state index contributed by atoms with van der Waals surface area (Å²) < 4.78 is 41.4. The molecule has 0 aliphatic heterocycles. The molecule has 0 radical (unpaired) electrons. The number of fused-ring (bicyclic) bond motifs is 1. The van der Waals surface area contributed by atoms with Crippen molar-refractivity contribution in [3.8, 4) is 0 Å². The lowest BCUT2D eigenvalue weighted by Crippen LogP contribution is -2.07. The van der Waals surface area contributed by atoms with Crippen molar-refractivity contribution in [1.82, 2.24) is 14.5 Å². The van der Waals surface area contributed by atoms with E-state index in [-0.39, 0.29) is 4.90 Å². The predicted molar refractivity (Wildman–Crippen MR) is 112 cm³/mol. The first-order valence-corrected chi connectivity index (χ1v) is 11.2. The predicted octanol–water partition coefficient (Wildman–Crippen LogP) is 4.53. The van der Waals surface area contributed by atoms with E-state index < -0.39 is 22.4 Å². The molecular formula is C21H26F2N4OS. The van der Waals surface area contributed by atoms with Crippen LogP contribution in [0.2, 0.25) is 0 Å². The van der Waals surface area contributed by atoms with E-state index in [2.05, 4.69) is 16.5 Å². The Morgan fingerprint density at radius 3 is 2.72 bits per heavy atom. The molecule has 3 aromatic rings. The standard InChI is InChI=1S/C21H26F2N4OS/c1-3-4-7-18-26-19-20(14(2)13-25-21(19)24)27(18)10-5-6-11-29(28)17-9-8-15(22)12-16(17)23/h8-9,12-13H,3-7,10-11H2,1-2H3,(H2,24,25). The SMILES string of the molecule is CCCCc1nc2c(N)ncc(C)c2n1CCCCS(=O)c1ccc(F)cc1F. The van der Waals surface area contributed by atoms with Crippen LogP contribution in [0.4, 0.5) is 14.6 Å². The average Bonchev–Trinajstić information content (AvgIpc) is 3.06. The van der Waals surface area contributed by atoms with Gasteiger partial charge >= 0.3 is 0 Å². The second-order valence-corrected chi connectivity index (χ2v) is 8.68. The van der Waals surface area contributed by atoms with Gasteiger partial charge in [-0.2, -0.15) is 0 Å². The van der Waals surface area contributed by atoms with Crippen LogP contribution in [-0.4, -0.2) is 24.5 Å². The van der Waals surface area contributed by atoms with Crippen LogP contribution in [0.3, 0.4) is 0 Å². The zero-order chi connectivity index (χ0) is 21.0. The van der Waals surface area contributed by atoms with Crippen LogP contribution in [0.15, 0.2) is 29.3 Å². The average molecular weight is 421 g/mol. The van der Waals surface area contributed by atoms with E-state index in [0.717, 1.165) is 60.2 Å². The number of unbranched alkanes of at least 4 members (excludes halogenated alkanes) is 2. The summed E-state index contributed by atoms with van der Waals surface area (Å²) in [6.07, 6.45) is 6.13. The first-order valence-electron chi connectivity index (χ1n) is 9.86. The third-order valence-corrected chi connectivity index (χ3v) is 6.40. The lowest BCUT2D eigenvalue weighted by atomic mass is 10.2. The molecule has 2 N–H and O–H groups in total. The second kappa shape index (κ2) is 9.43. The number of imidazole rings is 1. The Morgan fingerprint density at radius 1 is 1.21 bits per heavy atom. The highest BCUT2D eigenvalue weighted by Gasteiger charge is 2.16. The maximum absolute atomic E-state index is 13.8. The van der Waals surface area contributed by atoms with Crippen LogP contribution >= 0.6 is 0 Å². The summed E-state index contributed by atoms with van der Waals surface area (Å²) in [5.74, 6) is 0.302. The topological polar surface area (TPSA) is 73.8 Å². The minimum Gasteiger partial charge on any atom is -0.382 e. The number of halogens is 2. The van der Waals surface area contributed by atoms with Gasteiger partial charge in [0, 0.05) is 31.0 Å². The Bertz CT molecular complexity index is 1040. The van der Waals surface area contributed by atoms with Crippen LogP contribution in [-0.2, 0) is 23.8 Å². The third-order valence-electron chi connectivity index (χ3n) is 4.91. The molecule has 1 unspecified atom stereocenters. The van der Waals surface area contributed by atoms with Crippen LogP contribution in [0.1, 0.15) is 44.0 Å². The van der Waals surface area contributed by atoms with E-state index in [4.69, 9.17) is 10.7 Å². The first-order chi connectivity index (χ1) is 13.9. The smallest absolute Gasteiger partial charge is 0.151 e. The van der Waals surface area contributed by atoms with Crippen molar-refractivity contribution in [1.29, 1.82) is 0 Å². The molecule has 0 fully saturated rings. The lowest BCUT2D eigenvalue weighted by Gasteiger charge is -2.11. The minimum absolute atomic E-state index is 0.0535. The molecular weight excluding hydrogens is 394 g/mol. The quantitative estimate of drug-likeness (QED) is 0.516. The van der Waals surface area contributed by atoms with Gasteiger partial charge in [-0.15, -0.1) is 0 Å². The Labute approximate surface area is 171 Å². The fraction of sp³-hybridized carbons (Fsp3) is 0.429. The number of anilines is 1. The van der Waals surface area contributed by atoms with Gasteiger partial charge in [0.15, 0.2) is 5.82 Å². The van der Waals surface area contributed by atoms with Crippen molar-refractivity contribution in [2.75, 3.05) is 11.5 Å². The number of benzene rings is 1. The summed E-state index contributed by atoms with van der Waals surface area (Å²) in [4.78, 5) is 8.98. The number of nitrogen functional groups attached to an aromatic ring is 1. The van der Waals surface area contributed by atoms with Gasteiger partial charge in [-0.3, -0.25) is 4.21 Å². The summed E-state index contributed by atoms with van der Waals surface area (Å²) in [5, 5.41) is 0. The number of hydrogen-bond acceptors (Lipinski definition) is 4. The van der Waals surface area contributed by atoms with Gasteiger partial charge in [0.05, 0.1) is 21.2 Å². The molecule has 29 heavy (non-hydrogen) atoms. The van der Waals surface area contributed by atoms with Crippen LogP contribution in [0, 0.1) is 18.6 Å². The molecule has 0 aliphatic rings. The lowest BCUT2D eigenvalue weighted by molar-refractivity contribution is 0.561. The largest absolute Gasteiger partial charge is 0.382 e. The summed E-state index contributed by atoms with van der Waals surface area (Å²) in [5.41, 5.74) is 8.77. The summed E-state index contributed by atoms with van der Waals surface area (Å²) >= 11 is 0. The van der Waals surface area contributed by atoms with Crippen molar-refractivity contribution in [3.63, 3.8) is 0 Å². The molecule has 0 aliphatic carbocycles. The van der Waals surface area contributed by atoms with Gasteiger partial charge < -0.3 is 10.3 Å². The zero-order valence-electron chi connectivity index (χ0n) is 16.8. The van der Waals surface area contributed by atoms with E-state index in [1.807, 2.05) is 6.92 Å². The third kappa shape index (κ3) is 4.80. The zero-order valence-corrected chi connectivity index (χ0v) is 17.6. The van der Waals surface area contributed by atoms with Crippen molar-refractivity contribution >= 4 is 27.7 Å². The summed E-state index contributed by atoms with van der Waals surface area (Å²) in [6.45, 7) is 4.84. The Morgan fingerprint density at radius 2 is 2.00 bits per heavy atom. The highest BCUT2D eigenvalue weighted by Crippen LogP contribution is 2.25. The molecule has 156 valence electrons. The number of hydrogen-bond donors (Lipinski definition) is 1. The fourth-order valence-electron chi connectivity index (χ4n) is 3.41.